The normalized spacial score (nSPS) is 17.4. The molecule has 0 aromatic carbocycles. The van der Waals surface area contributed by atoms with Gasteiger partial charge in [0.25, 0.3) is 0 Å². The summed E-state index contributed by atoms with van der Waals surface area (Å²) in [5.74, 6) is 3.06. The number of carbonyl (C=O) groups excluding carboxylic acids is 1. The summed E-state index contributed by atoms with van der Waals surface area (Å²) in [5.41, 5.74) is 2.39. The minimum atomic E-state index is -0.0714. The van der Waals surface area contributed by atoms with Crippen molar-refractivity contribution in [2.75, 3.05) is 36.5 Å². The number of hydrogen-bond acceptors (Lipinski definition) is 10. The first kappa shape index (κ1) is 23.9. The van der Waals surface area contributed by atoms with Gasteiger partial charge < -0.3 is 24.4 Å². The molecule has 0 bridgehead atoms. The highest BCUT2D eigenvalue weighted by molar-refractivity contribution is 5.78. The molecule has 196 valence electrons. The van der Waals surface area contributed by atoms with E-state index in [4.69, 9.17) is 19.2 Å². The SMILES string of the molecule is Cc1cc(Nc2cc(OCCN3CCCC3=O)nc(N3CCC[C@H]3c3cc(-c4ccccn4)no3)n2)n[nH]1. The number of aryl methyl sites for hydroxylation is 1. The number of H-pyrrole nitrogens is 1. The van der Waals surface area contributed by atoms with E-state index in [1.54, 1.807) is 12.3 Å². The van der Waals surface area contributed by atoms with E-state index < -0.39 is 0 Å². The van der Waals surface area contributed by atoms with Gasteiger partial charge in [0.2, 0.25) is 17.7 Å². The second-order valence-electron chi connectivity index (χ2n) is 9.47. The molecule has 0 saturated carbocycles. The molecule has 2 fully saturated rings. The second-order valence-corrected chi connectivity index (χ2v) is 9.47. The number of carbonyl (C=O) groups is 1. The Hall–Kier alpha value is -4.48. The Morgan fingerprint density at radius 2 is 2.08 bits per heavy atom. The number of ether oxygens (including phenoxy) is 1. The van der Waals surface area contributed by atoms with Gasteiger partial charge in [0.05, 0.1) is 18.3 Å². The fraction of sp³-hybridized carbons (Fsp3) is 0.385. The second kappa shape index (κ2) is 10.5. The maximum Gasteiger partial charge on any atom is 0.231 e. The van der Waals surface area contributed by atoms with Crippen molar-refractivity contribution in [3.8, 4) is 17.3 Å². The van der Waals surface area contributed by atoms with E-state index >= 15 is 0 Å². The van der Waals surface area contributed by atoms with E-state index in [0.29, 0.717) is 48.7 Å². The zero-order valence-electron chi connectivity index (χ0n) is 21.1. The molecular formula is C26H29N9O3. The zero-order chi connectivity index (χ0) is 25.9. The molecule has 0 radical (unpaired) electrons. The number of rotatable bonds is 9. The number of pyridine rings is 1. The van der Waals surface area contributed by atoms with Crippen molar-refractivity contribution in [1.29, 1.82) is 0 Å². The smallest absolute Gasteiger partial charge is 0.231 e. The summed E-state index contributed by atoms with van der Waals surface area (Å²) in [7, 11) is 0. The molecule has 1 amide bonds. The molecule has 2 saturated heterocycles. The van der Waals surface area contributed by atoms with E-state index in [9.17, 15) is 4.79 Å². The number of aromatic amines is 1. The van der Waals surface area contributed by atoms with Gasteiger partial charge in [-0.1, -0.05) is 11.2 Å². The highest BCUT2D eigenvalue weighted by atomic mass is 16.5. The molecule has 0 spiro atoms. The lowest BCUT2D eigenvalue weighted by Crippen LogP contribution is -2.29. The van der Waals surface area contributed by atoms with Gasteiger partial charge in [0, 0.05) is 49.6 Å². The van der Waals surface area contributed by atoms with E-state index in [-0.39, 0.29) is 11.9 Å². The van der Waals surface area contributed by atoms with Crippen molar-refractivity contribution in [1.82, 2.24) is 35.2 Å². The number of anilines is 3. The van der Waals surface area contributed by atoms with Gasteiger partial charge >= 0.3 is 0 Å². The van der Waals surface area contributed by atoms with Gasteiger partial charge in [-0.2, -0.15) is 15.1 Å². The van der Waals surface area contributed by atoms with E-state index in [1.165, 1.54) is 0 Å². The standard InChI is InChI=1S/C26H29N9O3/c1-17-14-23(32-31-17)28-22-16-24(37-13-12-34-10-5-8-25(34)36)30-26(29-22)35-11-4-7-20(35)21-15-19(33-38-21)18-6-2-3-9-27-18/h2-3,6,9,14-16,20H,4-5,7-8,10-13H2,1H3,(H2,28,29,30,31,32)/t20-/m0/s1. The minimum Gasteiger partial charge on any atom is -0.476 e. The molecule has 2 N–H and O–H groups in total. The van der Waals surface area contributed by atoms with Crippen LogP contribution in [0.25, 0.3) is 11.4 Å². The predicted octanol–water partition coefficient (Wildman–Crippen LogP) is 3.64. The van der Waals surface area contributed by atoms with Gasteiger partial charge in [-0.3, -0.25) is 14.9 Å². The van der Waals surface area contributed by atoms with Crippen LogP contribution in [0.15, 0.2) is 47.1 Å². The van der Waals surface area contributed by atoms with Gasteiger partial charge in [0.15, 0.2) is 11.6 Å². The zero-order valence-corrected chi connectivity index (χ0v) is 21.1. The van der Waals surface area contributed by atoms with Gasteiger partial charge in [-0.05, 0) is 38.3 Å². The Balaban J connectivity index is 1.25. The third kappa shape index (κ3) is 5.15. The molecule has 6 rings (SSSR count). The molecule has 0 aliphatic carbocycles. The van der Waals surface area contributed by atoms with E-state index in [2.05, 4.69) is 30.6 Å². The lowest BCUT2D eigenvalue weighted by atomic mass is 10.1. The van der Waals surface area contributed by atoms with Crippen LogP contribution in [0, 0.1) is 6.92 Å². The van der Waals surface area contributed by atoms with Crippen molar-refractivity contribution in [3.05, 3.63) is 54.0 Å². The van der Waals surface area contributed by atoms with Crippen LogP contribution in [0.2, 0.25) is 0 Å². The summed E-state index contributed by atoms with van der Waals surface area (Å²) in [6.07, 6.45) is 5.07. The largest absolute Gasteiger partial charge is 0.476 e. The molecule has 12 nitrogen and oxygen atoms in total. The van der Waals surface area contributed by atoms with Crippen LogP contribution >= 0.6 is 0 Å². The van der Waals surface area contributed by atoms with Crippen LogP contribution in [0.4, 0.5) is 17.6 Å². The van der Waals surface area contributed by atoms with Crippen LogP contribution in [0.3, 0.4) is 0 Å². The summed E-state index contributed by atoms with van der Waals surface area (Å²) in [4.78, 5) is 29.8. The van der Waals surface area contributed by atoms with E-state index in [0.717, 1.165) is 49.5 Å². The molecule has 2 aliphatic rings. The molecular weight excluding hydrogens is 486 g/mol. The minimum absolute atomic E-state index is 0.0714. The molecule has 6 heterocycles. The first-order chi connectivity index (χ1) is 18.6. The maximum atomic E-state index is 12.0. The Labute approximate surface area is 219 Å². The van der Waals surface area contributed by atoms with Crippen LogP contribution < -0.4 is 15.0 Å². The Morgan fingerprint density at radius 1 is 1.13 bits per heavy atom. The van der Waals surface area contributed by atoms with Crippen LogP contribution in [0.5, 0.6) is 5.88 Å². The van der Waals surface area contributed by atoms with Crippen molar-refractivity contribution in [3.63, 3.8) is 0 Å². The Morgan fingerprint density at radius 3 is 2.87 bits per heavy atom. The first-order valence-corrected chi connectivity index (χ1v) is 12.9. The number of hydrogen-bond donors (Lipinski definition) is 2. The molecule has 4 aromatic heterocycles. The molecule has 0 unspecified atom stereocenters. The van der Waals surface area contributed by atoms with E-state index in [1.807, 2.05) is 42.2 Å². The third-order valence-corrected chi connectivity index (χ3v) is 6.73. The van der Waals surface area contributed by atoms with Gasteiger partial charge in [-0.15, -0.1) is 0 Å². The van der Waals surface area contributed by atoms with Crippen molar-refractivity contribution in [2.24, 2.45) is 0 Å². The number of nitrogens with zero attached hydrogens (tertiary/aromatic N) is 7. The van der Waals surface area contributed by atoms with Crippen molar-refractivity contribution < 1.29 is 14.1 Å². The van der Waals surface area contributed by atoms with Gasteiger partial charge in [-0.25, -0.2) is 0 Å². The third-order valence-electron chi connectivity index (χ3n) is 6.73. The summed E-state index contributed by atoms with van der Waals surface area (Å²) in [6, 6.07) is 11.2. The fourth-order valence-electron chi connectivity index (χ4n) is 4.88. The summed E-state index contributed by atoms with van der Waals surface area (Å²) < 4.78 is 11.8. The van der Waals surface area contributed by atoms with Crippen LogP contribution in [-0.2, 0) is 4.79 Å². The summed E-state index contributed by atoms with van der Waals surface area (Å²) >= 11 is 0. The topological polar surface area (TPSA) is 138 Å². The number of amides is 1. The first-order valence-electron chi connectivity index (χ1n) is 12.9. The Kier molecular flexibility index (Phi) is 6.59. The average Bonchev–Trinajstić information content (AvgIpc) is 3.73. The molecule has 1 atom stereocenters. The number of nitrogens with one attached hydrogen (secondary N) is 2. The maximum absolute atomic E-state index is 12.0. The predicted molar refractivity (Wildman–Crippen MR) is 139 cm³/mol. The Bertz CT molecular complexity index is 1400. The number of likely N-dealkylation sites (tertiary alicyclic amines) is 1. The summed E-state index contributed by atoms with van der Waals surface area (Å²) in [5, 5.41) is 14.7. The van der Waals surface area contributed by atoms with Crippen LogP contribution in [0.1, 0.15) is 43.2 Å². The lowest BCUT2D eigenvalue weighted by Gasteiger charge is -2.23. The highest BCUT2D eigenvalue weighted by Crippen LogP contribution is 2.37. The van der Waals surface area contributed by atoms with Crippen molar-refractivity contribution >= 4 is 23.5 Å². The molecule has 38 heavy (non-hydrogen) atoms. The lowest BCUT2D eigenvalue weighted by molar-refractivity contribution is -0.128. The van der Waals surface area contributed by atoms with Crippen molar-refractivity contribution in [2.45, 2.75) is 38.6 Å². The van der Waals surface area contributed by atoms with Crippen LogP contribution in [-0.4, -0.2) is 67.4 Å². The summed E-state index contributed by atoms with van der Waals surface area (Å²) in [6.45, 7) is 4.35. The van der Waals surface area contributed by atoms with Gasteiger partial charge in [0.1, 0.15) is 18.1 Å². The number of aromatic nitrogens is 6. The fourth-order valence-corrected chi connectivity index (χ4v) is 4.88. The average molecular weight is 516 g/mol. The highest BCUT2D eigenvalue weighted by Gasteiger charge is 2.32. The molecule has 2 aliphatic heterocycles. The quantitative estimate of drug-likeness (QED) is 0.340. The molecule has 12 heteroatoms. The molecule has 4 aromatic rings. The monoisotopic (exact) mass is 515 g/mol.